The second-order valence-electron chi connectivity index (χ2n) is 5.12. The van der Waals surface area contributed by atoms with Crippen molar-refractivity contribution in [3.05, 3.63) is 12.7 Å². The highest BCUT2D eigenvalue weighted by Gasteiger charge is 2.39. The number of carbonyl (C=O) groups excluding carboxylic acids is 1. The van der Waals surface area contributed by atoms with Crippen LogP contribution in [-0.4, -0.2) is 68.3 Å². The van der Waals surface area contributed by atoms with Crippen molar-refractivity contribution in [1.29, 1.82) is 0 Å². The van der Waals surface area contributed by atoms with Crippen LogP contribution in [0, 0.1) is 0 Å². The molecular weight excluding hydrogens is 323 g/mol. The fourth-order valence-electron chi connectivity index (χ4n) is 2.32. The number of amides is 2. The zero-order valence-electron chi connectivity index (χ0n) is 12.3. The molecule has 0 saturated carbocycles. The average Bonchev–Trinajstić information content (AvgIpc) is 2.40. The van der Waals surface area contributed by atoms with Crippen molar-refractivity contribution in [3.63, 3.8) is 0 Å². The van der Waals surface area contributed by atoms with Crippen LogP contribution < -0.4 is 5.32 Å². The molecule has 0 aliphatic carbocycles. The van der Waals surface area contributed by atoms with Gasteiger partial charge < -0.3 is 10.2 Å². The molecule has 0 aromatic rings. The highest BCUT2D eigenvalue weighted by molar-refractivity contribution is 7.88. The Hall–Kier alpha value is -1.29. The zero-order valence-corrected chi connectivity index (χ0v) is 13.1. The molecule has 10 heteroatoms. The number of sulfonamides is 1. The van der Waals surface area contributed by atoms with E-state index in [1.54, 1.807) is 0 Å². The highest BCUT2D eigenvalue weighted by atomic mass is 32.2. The van der Waals surface area contributed by atoms with Crippen molar-refractivity contribution in [2.24, 2.45) is 0 Å². The first-order valence-electron chi connectivity index (χ1n) is 6.72. The third-order valence-electron chi connectivity index (χ3n) is 3.32. The summed E-state index contributed by atoms with van der Waals surface area (Å²) in [4.78, 5) is 13.2. The number of urea groups is 1. The van der Waals surface area contributed by atoms with E-state index in [2.05, 4.69) is 11.9 Å². The van der Waals surface area contributed by atoms with Gasteiger partial charge >= 0.3 is 12.2 Å². The van der Waals surface area contributed by atoms with Crippen LogP contribution in [0.1, 0.15) is 12.8 Å². The molecule has 1 saturated heterocycles. The van der Waals surface area contributed by atoms with E-state index >= 15 is 0 Å². The fraction of sp³-hybridized carbons (Fsp3) is 0.750. The molecule has 22 heavy (non-hydrogen) atoms. The van der Waals surface area contributed by atoms with Gasteiger partial charge in [0.2, 0.25) is 10.0 Å². The standard InChI is InChI=1S/C12H20F3N3O3S/c1-3-6-16-11(19)17-7-4-10(5-8-17)18(22(2,20)21)9-12(13,14)15/h3,10H,1,4-9H2,2H3,(H,16,19). The predicted octanol–water partition coefficient (Wildman–Crippen LogP) is 1.17. The maximum atomic E-state index is 12.5. The van der Waals surface area contributed by atoms with Crippen LogP contribution in [0.15, 0.2) is 12.7 Å². The van der Waals surface area contributed by atoms with Gasteiger partial charge in [-0.05, 0) is 12.8 Å². The van der Waals surface area contributed by atoms with Crippen LogP contribution in [0.5, 0.6) is 0 Å². The molecule has 0 aromatic carbocycles. The molecule has 0 radical (unpaired) electrons. The normalized spacial score (nSPS) is 17.6. The Morgan fingerprint density at radius 1 is 1.41 bits per heavy atom. The lowest BCUT2D eigenvalue weighted by atomic mass is 10.1. The Labute approximate surface area is 128 Å². The first-order valence-corrected chi connectivity index (χ1v) is 8.56. The van der Waals surface area contributed by atoms with Gasteiger partial charge in [-0.2, -0.15) is 17.5 Å². The summed E-state index contributed by atoms with van der Waals surface area (Å²) >= 11 is 0. The summed E-state index contributed by atoms with van der Waals surface area (Å²) in [6, 6.07) is -1.08. The minimum atomic E-state index is -4.60. The molecule has 0 bridgehead atoms. The molecule has 0 aromatic heterocycles. The van der Waals surface area contributed by atoms with Crippen LogP contribution in [0.4, 0.5) is 18.0 Å². The number of halogens is 3. The number of carbonyl (C=O) groups is 1. The SMILES string of the molecule is C=CCNC(=O)N1CCC(N(CC(F)(F)F)S(C)(=O)=O)CC1. The molecule has 128 valence electrons. The molecule has 0 atom stereocenters. The average molecular weight is 343 g/mol. The molecule has 0 unspecified atom stereocenters. The van der Waals surface area contributed by atoms with Crippen molar-refractivity contribution < 1.29 is 26.4 Å². The number of likely N-dealkylation sites (tertiary alicyclic amines) is 1. The number of nitrogens with one attached hydrogen (secondary N) is 1. The number of nitrogens with zero attached hydrogens (tertiary/aromatic N) is 2. The second-order valence-corrected chi connectivity index (χ2v) is 7.05. The Balaban J connectivity index is 2.67. The summed E-state index contributed by atoms with van der Waals surface area (Å²) in [5.74, 6) is 0. The number of piperidine rings is 1. The van der Waals surface area contributed by atoms with Crippen molar-refractivity contribution in [2.45, 2.75) is 25.1 Å². The van der Waals surface area contributed by atoms with Crippen LogP contribution in [0.25, 0.3) is 0 Å². The Kier molecular flexibility index (Phi) is 6.24. The molecule has 1 heterocycles. The summed E-state index contributed by atoms with van der Waals surface area (Å²) in [5, 5.41) is 2.57. The van der Waals surface area contributed by atoms with Crippen molar-refractivity contribution >= 4 is 16.1 Å². The summed E-state index contributed by atoms with van der Waals surface area (Å²) in [6.07, 6.45) is -1.97. The lowest BCUT2D eigenvalue weighted by molar-refractivity contribution is -0.140. The van der Waals surface area contributed by atoms with E-state index in [0.717, 1.165) is 6.26 Å². The Morgan fingerprint density at radius 3 is 2.36 bits per heavy atom. The molecule has 2 amide bonds. The lowest BCUT2D eigenvalue weighted by Gasteiger charge is -2.37. The zero-order chi connectivity index (χ0) is 17.0. The Morgan fingerprint density at radius 2 is 1.95 bits per heavy atom. The van der Waals surface area contributed by atoms with Gasteiger partial charge in [-0.1, -0.05) is 6.08 Å². The number of rotatable bonds is 5. The van der Waals surface area contributed by atoms with E-state index in [0.29, 0.717) is 10.8 Å². The largest absolute Gasteiger partial charge is 0.402 e. The smallest absolute Gasteiger partial charge is 0.335 e. The van der Waals surface area contributed by atoms with Crippen molar-refractivity contribution in [1.82, 2.24) is 14.5 Å². The van der Waals surface area contributed by atoms with E-state index in [1.165, 1.54) is 11.0 Å². The van der Waals surface area contributed by atoms with Gasteiger partial charge in [-0.15, -0.1) is 6.58 Å². The molecule has 0 spiro atoms. The summed E-state index contributed by atoms with van der Waals surface area (Å²) in [5.41, 5.74) is 0. The van der Waals surface area contributed by atoms with Gasteiger partial charge in [0.05, 0.1) is 6.26 Å². The van der Waals surface area contributed by atoms with Gasteiger partial charge in [0, 0.05) is 25.7 Å². The molecular formula is C12H20F3N3O3S. The molecule has 6 nitrogen and oxygen atoms in total. The number of alkyl halides is 3. The van der Waals surface area contributed by atoms with Gasteiger partial charge in [-0.25, -0.2) is 13.2 Å². The summed E-state index contributed by atoms with van der Waals surface area (Å²) < 4.78 is 61.3. The molecule has 1 fully saturated rings. The van der Waals surface area contributed by atoms with Crippen molar-refractivity contribution in [2.75, 3.05) is 32.4 Å². The first kappa shape index (κ1) is 18.8. The van der Waals surface area contributed by atoms with E-state index < -0.39 is 28.8 Å². The van der Waals surface area contributed by atoms with Gasteiger partial charge in [0.15, 0.2) is 0 Å². The van der Waals surface area contributed by atoms with Crippen LogP contribution in [0.2, 0.25) is 0 Å². The van der Waals surface area contributed by atoms with E-state index in [1.807, 2.05) is 0 Å². The van der Waals surface area contributed by atoms with Gasteiger partial charge in [0.25, 0.3) is 0 Å². The molecule has 1 aliphatic rings. The minimum absolute atomic E-state index is 0.171. The number of hydrogen-bond acceptors (Lipinski definition) is 3. The monoisotopic (exact) mass is 343 g/mol. The first-order chi connectivity index (χ1) is 10.0. The molecule has 1 aliphatic heterocycles. The lowest BCUT2D eigenvalue weighted by Crippen LogP contribution is -2.52. The van der Waals surface area contributed by atoms with Crippen LogP contribution in [-0.2, 0) is 10.0 Å². The fourth-order valence-corrected chi connectivity index (χ4v) is 3.46. The van der Waals surface area contributed by atoms with Gasteiger partial charge in [-0.3, -0.25) is 0 Å². The topological polar surface area (TPSA) is 69.7 Å². The summed E-state index contributed by atoms with van der Waals surface area (Å²) in [7, 11) is -3.97. The maximum Gasteiger partial charge on any atom is 0.402 e. The molecule has 1 N–H and O–H groups in total. The van der Waals surface area contributed by atoms with E-state index in [-0.39, 0.29) is 32.0 Å². The second kappa shape index (κ2) is 7.32. The van der Waals surface area contributed by atoms with Gasteiger partial charge in [0.1, 0.15) is 6.54 Å². The molecule has 1 rings (SSSR count). The van der Waals surface area contributed by atoms with Crippen LogP contribution in [0.3, 0.4) is 0 Å². The third kappa shape index (κ3) is 5.84. The summed E-state index contributed by atoms with van der Waals surface area (Å²) in [6.45, 7) is 2.67. The van der Waals surface area contributed by atoms with Crippen LogP contribution >= 0.6 is 0 Å². The minimum Gasteiger partial charge on any atom is -0.335 e. The third-order valence-corrected chi connectivity index (χ3v) is 4.60. The highest BCUT2D eigenvalue weighted by Crippen LogP contribution is 2.25. The van der Waals surface area contributed by atoms with Crippen molar-refractivity contribution in [3.8, 4) is 0 Å². The predicted molar refractivity (Wildman–Crippen MR) is 75.8 cm³/mol. The maximum absolute atomic E-state index is 12.5. The van der Waals surface area contributed by atoms with E-state index in [9.17, 15) is 26.4 Å². The Bertz CT molecular complexity index is 499. The van der Waals surface area contributed by atoms with E-state index in [4.69, 9.17) is 0 Å². The quantitative estimate of drug-likeness (QED) is 0.762. The number of hydrogen-bond donors (Lipinski definition) is 1.